The van der Waals surface area contributed by atoms with Crippen LogP contribution in [0.15, 0.2) is 54.6 Å². The summed E-state index contributed by atoms with van der Waals surface area (Å²) >= 11 is 0. The largest absolute Gasteiger partial charge is 0.386 e. The van der Waals surface area contributed by atoms with Crippen molar-refractivity contribution in [2.45, 2.75) is 31.3 Å². The van der Waals surface area contributed by atoms with Crippen molar-refractivity contribution < 1.29 is 5.11 Å². The zero-order valence-corrected chi connectivity index (χ0v) is 14.3. The molecule has 0 atom stereocenters. The van der Waals surface area contributed by atoms with Gasteiger partial charge in [-0.25, -0.2) is 0 Å². The maximum atomic E-state index is 11.2. The van der Waals surface area contributed by atoms with Crippen LogP contribution in [0.1, 0.15) is 35.1 Å². The zero-order valence-electron chi connectivity index (χ0n) is 14.3. The molecule has 0 saturated carbocycles. The first-order valence-electron chi connectivity index (χ1n) is 8.95. The van der Waals surface area contributed by atoms with Crippen molar-refractivity contribution in [2.24, 2.45) is 0 Å². The normalized spacial score (nSPS) is 20.0. The topological polar surface area (TPSA) is 23.5 Å². The number of piperidine rings is 1. The first-order chi connectivity index (χ1) is 11.6. The number of benzene rings is 2. The van der Waals surface area contributed by atoms with Crippen LogP contribution >= 0.6 is 0 Å². The average molecular weight is 319 g/mol. The minimum absolute atomic E-state index is 0.702. The van der Waals surface area contributed by atoms with Crippen LogP contribution in [0.2, 0.25) is 0 Å². The zero-order chi connectivity index (χ0) is 16.6. The summed E-state index contributed by atoms with van der Waals surface area (Å²) in [6.45, 7) is 1.90. The van der Waals surface area contributed by atoms with Crippen molar-refractivity contribution in [3.05, 3.63) is 76.9 Å². The molecule has 1 fully saturated rings. The average Bonchev–Trinajstić information content (AvgIpc) is 2.76. The number of fused-ring (bicyclic) bond motifs is 2. The highest BCUT2D eigenvalue weighted by Crippen LogP contribution is 2.36. The molecule has 0 radical (unpaired) electrons. The molecule has 2 aliphatic rings. The lowest BCUT2D eigenvalue weighted by Gasteiger charge is -2.35. The van der Waals surface area contributed by atoms with Gasteiger partial charge in [-0.05, 0) is 66.6 Å². The van der Waals surface area contributed by atoms with Crippen molar-refractivity contribution in [3.8, 4) is 0 Å². The molecule has 1 heterocycles. The van der Waals surface area contributed by atoms with Gasteiger partial charge in [0.15, 0.2) is 0 Å². The molecule has 0 spiro atoms. The summed E-state index contributed by atoms with van der Waals surface area (Å²) in [5.74, 6) is 0. The van der Waals surface area contributed by atoms with Crippen LogP contribution in [0.4, 0.5) is 0 Å². The number of aliphatic hydroxyl groups is 1. The van der Waals surface area contributed by atoms with Crippen molar-refractivity contribution in [1.82, 2.24) is 4.90 Å². The number of nitrogens with zero attached hydrogens (tertiary/aromatic N) is 1. The summed E-state index contributed by atoms with van der Waals surface area (Å²) in [5, 5.41) is 11.2. The molecule has 1 N–H and O–H groups in total. The second-order valence-corrected chi connectivity index (χ2v) is 7.28. The smallest absolute Gasteiger partial charge is 0.0861 e. The molecule has 1 saturated heterocycles. The fourth-order valence-electron chi connectivity index (χ4n) is 3.99. The lowest BCUT2D eigenvalue weighted by Crippen LogP contribution is -2.41. The molecular weight excluding hydrogens is 294 g/mol. The molecule has 2 aromatic carbocycles. The summed E-state index contributed by atoms with van der Waals surface area (Å²) in [7, 11) is 2.13. The fourth-order valence-corrected chi connectivity index (χ4v) is 3.99. The number of rotatable bonds is 1. The minimum Gasteiger partial charge on any atom is -0.386 e. The third-order valence-corrected chi connectivity index (χ3v) is 5.54. The second kappa shape index (κ2) is 6.19. The van der Waals surface area contributed by atoms with Crippen LogP contribution in [0.25, 0.3) is 5.57 Å². The lowest BCUT2D eigenvalue weighted by molar-refractivity contribution is 0.0270. The van der Waals surface area contributed by atoms with E-state index in [0.717, 1.165) is 38.8 Å². The SMILES string of the molecule is CN1CCC(O)(C=C2c3ccccc3CCc3ccccc32)CC1. The van der Waals surface area contributed by atoms with Crippen molar-refractivity contribution in [1.29, 1.82) is 0 Å². The molecule has 2 nitrogen and oxygen atoms in total. The number of hydrogen-bond donors (Lipinski definition) is 1. The summed E-state index contributed by atoms with van der Waals surface area (Å²) in [6.07, 6.45) is 5.88. The molecule has 2 aromatic rings. The van der Waals surface area contributed by atoms with Crippen LogP contribution < -0.4 is 0 Å². The van der Waals surface area contributed by atoms with E-state index in [0.29, 0.717) is 0 Å². The van der Waals surface area contributed by atoms with Gasteiger partial charge in [-0.1, -0.05) is 48.5 Å². The first kappa shape index (κ1) is 15.6. The molecule has 0 amide bonds. The Morgan fingerprint density at radius 1 is 0.875 bits per heavy atom. The molecule has 2 heteroatoms. The Balaban J connectivity index is 1.85. The summed E-state index contributed by atoms with van der Waals surface area (Å²) in [5.41, 5.74) is 5.86. The Morgan fingerprint density at radius 3 is 1.92 bits per heavy atom. The van der Waals surface area contributed by atoms with Gasteiger partial charge in [0.05, 0.1) is 5.60 Å². The van der Waals surface area contributed by atoms with E-state index in [4.69, 9.17) is 0 Å². The van der Waals surface area contributed by atoms with E-state index in [1.54, 1.807) is 0 Å². The molecule has 24 heavy (non-hydrogen) atoms. The highest BCUT2D eigenvalue weighted by Gasteiger charge is 2.31. The van der Waals surface area contributed by atoms with E-state index < -0.39 is 5.60 Å². The highest BCUT2D eigenvalue weighted by atomic mass is 16.3. The van der Waals surface area contributed by atoms with E-state index in [2.05, 4.69) is 66.6 Å². The van der Waals surface area contributed by atoms with Crippen molar-refractivity contribution in [2.75, 3.05) is 20.1 Å². The van der Waals surface area contributed by atoms with E-state index in [1.165, 1.54) is 27.8 Å². The highest BCUT2D eigenvalue weighted by molar-refractivity contribution is 5.84. The maximum Gasteiger partial charge on any atom is 0.0861 e. The predicted molar refractivity (Wildman–Crippen MR) is 99.1 cm³/mol. The Hall–Kier alpha value is -1.90. The van der Waals surface area contributed by atoms with Crippen LogP contribution in [0.3, 0.4) is 0 Å². The Labute approximate surface area is 144 Å². The van der Waals surface area contributed by atoms with Crippen LogP contribution in [-0.2, 0) is 12.8 Å². The number of hydrogen-bond acceptors (Lipinski definition) is 2. The Bertz CT molecular complexity index is 720. The summed E-state index contributed by atoms with van der Waals surface area (Å²) < 4.78 is 0. The first-order valence-corrected chi connectivity index (χ1v) is 8.95. The van der Waals surface area contributed by atoms with Crippen LogP contribution in [0, 0.1) is 0 Å². The third-order valence-electron chi connectivity index (χ3n) is 5.54. The third kappa shape index (κ3) is 2.92. The van der Waals surface area contributed by atoms with Gasteiger partial charge < -0.3 is 10.0 Å². The maximum absolute atomic E-state index is 11.2. The van der Waals surface area contributed by atoms with Crippen LogP contribution in [0.5, 0.6) is 0 Å². The van der Waals surface area contributed by atoms with Crippen molar-refractivity contribution >= 4 is 5.57 Å². The Kier molecular flexibility index (Phi) is 4.03. The van der Waals surface area contributed by atoms with Gasteiger partial charge in [-0.15, -0.1) is 0 Å². The van der Waals surface area contributed by atoms with Gasteiger partial charge >= 0.3 is 0 Å². The molecular formula is C22H25NO. The van der Waals surface area contributed by atoms with Gasteiger partial charge in [0, 0.05) is 13.1 Å². The van der Waals surface area contributed by atoms with E-state index in [-0.39, 0.29) is 0 Å². The minimum atomic E-state index is -0.702. The van der Waals surface area contributed by atoms with Gasteiger partial charge in [0.2, 0.25) is 0 Å². The van der Waals surface area contributed by atoms with Gasteiger partial charge in [-0.2, -0.15) is 0 Å². The molecule has 124 valence electrons. The second-order valence-electron chi connectivity index (χ2n) is 7.28. The monoisotopic (exact) mass is 319 g/mol. The molecule has 0 unspecified atom stereocenters. The summed E-state index contributed by atoms with van der Waals surface area (Å²) in [4.78, 5) is 2.29. The standard InChI is InChI=1S/C22H25NO/c1-23-14-12-22(24,13-15-23)16-21-19-8-4-2-6-17(19)10-11-18-7-3-5-9-20(18)21/h2-9,16,24H,10-15H2,1H3. The van der Waals surface area contributed by atoms with E-state index in [1.807, 2.05) is 0 Å². The van der Waals surface area contributed by atoms with E-state index in [9.17, 15) is 5.11 Å². The number of aryl methyl sites for hydroxylation is 2. The van der Waals surface area contributed by atoms with E-state index >= 15 is 0 Å². The lowest BCUT2D eigenvalue weighted by atomic mass is 9.84. The molecule has 1 aliphatic carbocycles. The quantitative estimate of drug-likeness (QED) is 0.867. The van der Waals surface area contributed by atoms with Gasteiger partial charge in [-0.3, -0.25) is 0 Å². The summed E-state index contributed by atoms with van der Waals surface area (Å²) in [6, 6.07) is 17.3. The Morgan fingerprint density at radius 2 is 1.38 bits per heavy atom. The molecule has 4 rings (SSSR count). The molecule has 0 bridgehead atoms. The number of likely N-dealkylation sites (tertiary alicyclic amines) is 1. The molecule has 1 aliphatic heterocycles. The van der Waals surface area contributed by atoms with Gasteiger partial charge in [0.25, 0.3) is 0 Å². The molecule has 0 aromatic heterocycles. The fraction of sp³-hybridized carbons (Fsp3) is 0.364. The van der Waals surface area contributed by atoms with Gasteiger partial charge in [0.1, 0.15) is 0 Å². The van der Waals surface area contributed by atoms with Crippen molar-refractivity contribution in [3.63, 3.8) is 0 Å². The predicted octanol–water partition coefficient (Wildman–Crippen LogP) is 3.67. The van der Waals surface area contributed by atoms with Crippen LogP contribution in [-0.4, -0.2) is 35.7 Å².